The van der Waals surface area contributed by atoms with E-state index in [1.54, 1.807) is 7.11 Å². The van der Waals surface area contributed by atoms with Crippen molar-refractivity contribution in [2.75, 3.05) is 14.2 Å². The fraction of sp³-hybridized carbons (Fsp3) is 0.444. The van der Waals surface area contributed by atoms with Crippen LogP contribution < -0.4 is 10.1 Å². The highest BCUT2D eigenvalue weighted by Crippen LogP contribution is 2.34. The molecular weight excluding hydrogens is 246 g/mol. The van der Waals surface area contributed by atoms with E-state index < -0.39 is 0 Å². The third-order valence-corrected chi connectivity index (χ3v) is 4.68. The molecule has 1 saturated carbocycles. The molecule has 0 amide bonds. The molecule has 2 aromatic carbocycles. The minimum Gasteiger partial charge on any atom is -0.497 e. The van der Waals surface area contributed by atoms with Gasteiger partial charge in [0.1, 0.15) is 5.75 Å². The monoisotopic (exact) mass is 269 g/mol. The van der Waals surface area contributed by atoms with Crippen molar-refractivity contribution in [1.29, 1.82) is 0 Å². The molecule has 1 aliphatic carbocycles. The molecule has 0 unspecified atom stereocenters. The topological polar surface area (TPSA) is 21.3 Å². The van der Waals surface area contributed by atoms with Crippen LogP contribution in [-0.4, -0.2) is 20.2 Å². The molecule has 2 nitrogen and oxygen atoms in total. The van der Waals surface area contributed by atoms with E-state index in [0.29, 0.717) is 0 Å². The van der Waals surface area contributed by atoms with Crippen molar-refractivity contribution in [3.63, 3.8) is 0 Å². The number of fused-ring (bicyclic) bond motifs is 1. The van der Waals surface area contributed by atoms with Crippen LogP contribution in [-0.2, 0) is 0 Å². The number of benzene rings is 2. The van der Waals surface area contributed by atoms with Gasteiger partial charge in [-0.2, -0.15) is 0 Å². The van der Waals surface area contributed by atoms with Crippen LogP contribution in [0.5, 0.6) is 5.75 Å². The molecule has 0 saturated heterocycles. The summed E-state index contributed by atoms with van der Waals surface area (Å²) in [5.74, 6) is 1.66. The molecule has 106 valence electrons. The lowest BCUT2D eigenvalue weighted by Crippen LogP contribution is -2.29. The summed E-state index contributed by atoms with van der Waals surface area (Å²) >= 11 is 0. The van der Waals surface area contributed by atoms with Crippen LogP contribution in [0, 0.1) is 0 Å². The third kappa shape index (κ3) is 2.66. The molecule has 3 rings (SSSR count). The first kappa shape index (κ1) is 13.4. The van der Waals surface area contributed by atoms with Gasteiger partial charge in [0.15, 0.2) is 0 Å². The Balaban J connectivity index is 1.82. The number of hydrogen-bond acceptors (Lipinski definition) is 2. The van der Waals surface area contributed by atoms with E-state index in [-0.39, 0.29) is 0 Å². The maximum Gasteiger partial charge on any atom is 0.119 e. The van der Waals surface area contributed by atoms with E-state index >= 15 is 0 Å². The van der Waals surface area contributed by atoms with E-state index in [1.807, 2.05) is 6.07 Å². The first-order valence-electron chi connectivity index (χ1n) is 7.55. The van der Waals surface area contributed by atoms with Crippen molar-refractivity contribution >= 4 is 10.8 Å². The summed E-state index contributed by atoms with van der Waals surface area (Å²) in [5, 5.41) is 5.98. The lowest BCUT2D eigenvalue weighted by atomic mass is 9.81. The standard InChI is InChI=1S/C18H23NO/c1-19-17-8-5-13(6-9-17)14-3-4-16-12-18(20-2)10-7-15(16)11-14/h3-4,7,10-13,17,19H,5-6,8-9H2,1-2H3. The van der Waals surface area contributed by atoms with Crippen molar-refractivity contribution < 1.29 is 4.74 Å². The van der Waals surface area contributed by atoms with Crippen LogP contribution in [0.15, 0.2) is 36.4 Å². The Bertz CT molecular complexity index is 585. The highest BCUT2D eigenvalue weighted by atomic mass is 16.5. The molecule has 0 atom stereocenters. The summed E-state index contributed by atoms with van der Waals surface area (Å²) in [6, 6.07) is 13.9. The zero-order valence-corrected chi connectivity index (χ0v) is 12.4. The van der Waals surface area contributed by atoms with Gasteiger partial charge in [-0.15, -0.1) is 0 Å². The Kier molecular flexibility index (Phi) is 3.93. The zero-order chi connectivity index (χ0) is 13.9. The summed E-state index contributed by atoms with van der Waals surface area (Å²) in [4.78, 5) is 0. The Morgan fingerprint density at radius 1 is 0.950 bits per heavy atom. The molecule has 2 heteroatoms. The molecule has 0 bridgehead atoms. The average Bonchev–Trinajstić information content (AvgIpc) is 2.54. The fourth-order valence-corrected chi connectivity index (χ4v) is 3.34. The second-order valence-electron chi connectivity index (χ2n) is 5.81. The number of methoxy groups -OCH3 is 1. The summed E-state index contributed by atoms with van der Waals surface area (Å²) < 4.78 is 5.29. The van der Waals surface area contributed by atoms with Crippen LogP contribution in [0.4, 0.5) is 0 Å². The lowest BCUT2D eigenvalue weighted by molar-refractivity contribution is 0.359. The smallest absolute Gasteiger partial charge is 0.119 e. The van der Waals surface area contributed by atoms with Crippen LogP contribution in [0.2, 0.25) is 0 Å². The number of nitrogens with one attached hydrogen (secondary N) is 1. The van der Waals surface area contributed by atoms with E-state index in [9.17, 15) is 0 Å². The van der Waals surface area contributed by atoms with Crippen LogP contribution in [0.25, 0.3) is 10.8 Å². The van der Waals surface area contributed by atoms with Gasteiger partial charge in [-0.25, -0.2) is 0 Å². The largest absolute Gasteiger partial charge is 0.497 e. The van der Waals surface area contributed by atoms with E-state index in [4.69, 9.17) is 4.74 Å². The van der Waals surface area contributed by atoms with Gasteiger partial charge < -0.3 is 10.1 Å². The molecule has 0 aromatic heterocycles. The Hall–Kier alpha value is -1.54. The Labute approximate surface area is 121 Å². The third-order valence-electron chi connectivity index (χ3n) is 4.68. The van der Waals surface area contributed by atoms with Crippen LogP contribution in [0.1, 0.15) is 37.2 Å². The van der Waals surface area contributed by atoms with Crippen molar-refractivity contribution in [1.82, 2.24) is 5.32 Å². The van der Waals surface area contributed by atoms with Crippen LogP contribution >= 0.6 is 0 Å². The summed E-state index contributed by atoms with van der Waals surface area (Å²) in [5.41, 5.74) is 1.50. The minimum absolute atomic E-state index is 0.718. The average molecular weight is 269 g/mol. The van der Waals surface area contributed by atoms with Crippen LogP contribution in [0.3, 0.4) is 0 Å². The molecule has 0 spiro atoms. The number of rotatable bonds is 3. The van der Waals surface area contributed by atoms with Gasteiger partial charge in [-0.1, -0.05) is 24.3 Å². The Morgan fingerprint density at radius 3 is 2.35 bits per heavy atom. The first-order chi connectivity index (χ1) is 9.80. The van der Waals surface area contributed by atoms with Gasteiger partial charge >= 0.3 is 0 Å². The van der Waals surface area contributed by atoms with E-state index in [2.05, 4.69) is 42.7 Å². The fourth-order valence-electron chi connectivity index (χ4n) is 3.34. The lowest BCUT2D eigenvalue weighted by Gasteiger charge is -2.28. The second kappa shape index (κ2) is 5.84. The predicted molar refractivity (Wildman–Crippen MR) is 84.6 cm³/mol. The van der Waals surface area contributed by atoms with Gasteiger partial charge in [-0.3, -0.25) is 0 Å². The van der Waals surface area contributed by atoms with Crippen molar-refractivity contribution in [2.45, 2.75) is 37.6 Å². The normalized spacial score (nSPS) is 22.9. The maximum atomic E-state index is 5.29. The van der Waals surface area contributed by atoms with Gasteiger partial charge in [0, 0.05) is 6.04 Å². The van der Waals surface area contributed by atoms with Crippen molar-refractivity contribution in [3.05, 3.63) is 42.0 Å². The molecule has 1 N–H and O–H groups in total. The quantitative estimate of drug-likeness (QED) is 0.906. The maximum absolute atomic E-state index is 5.29. The zero-order valence-electron chi connectivity index (χ0n) is 12.4. The highest BCUT2D eigenvalue weighted by Gasteiger charge is 2.21. The molecule has 0 aliphatic heterocycles. The SMILES string of the molecule is CNC1CCC(c2ccc3cc(OC)ccc3c2)CC1. The molecule has 20 heavy (non-hydrogen) atoms. The predicted octanol–water partition coefficient (Wildman–Crippen LogP) is 4.09. The molecule has 0 radical (unpaired) electrons. The summed E-state index contributed by atoms with van der Waals surface area (Å²) in [6.45, 7) is 0. The molecular formula is C18H23NO. The van der Waals surface area contributed by atoms with Gasteiger partial charge in [0.05, 0.1) is 7.11 Å². The highest BCUT2D eigenvalue weighted by molar-refractivity contribution is 5.84. The van der Waals surface area contributed by atoms with E-state index in [0.717, 1.165) is 17.7 Å². The van der Waals surface area contributed by atoms with Gasteiger partial charge in [0.25, 0.3) is 0 Å². The van der Waals surface area contributed by atoms with Gasteiger partial charge in [0.2, 0.25) is 0 Å². The molecule has 0 heterocycles. The molecule has 1 fully saturated rings. The van der Waals surface area contributed by atoms with Crippen molar-refractivity contribution in [2.24, 2.45) is 0 Å². The minimum atomic E-state index is 0.718. The Morgan fingerprint density at radius 2 is 1.65 bits per heavy atom. The van der Waals surface area contributed by atoms with E-state index in [1.165, 1.54) is 42.0 Å². The number of ether oxygens (including phenoxy) is 1. The first-order valence-corrected chi connectivity index (χ1v) is 7.55. The van der Waals surface area contributed by atoms with Gasteiger partial charge in [-0.05, 0) is 67.1 Å². The summed E-state index contributed by atoms with van der Waals surface area (Å²) in [7, 11) is 3.80. The second-order valence-corrected chi connectivity index (χ2v) is 5.81. The number of hydrogen-bond donors (Lipinski definition) is 1. The van der Waals surface area contributed by atoms with Crippen molar-refractivity contribution in [3.8, 4) is 5.75 Å². The summed E-state index contributed by atoms with van der Waals surface area (Å²) in [6.07, 6.45) is 5.18. The molecule has 1 aliphatic rings. The molecule has 2 aromatic rings.